The fourth-order valence-electron chi connectivity index (χ4n) is 2.89. The normalized spacial score (nSPS) is 17.6. The number of anilines is 1. The van der Waals surface area contributed by atoms with E-state index >= 15 is 0 Å². The summed E-state index contributed by atoms with van der Waals surface area (Å²) in [5.41, 5.74) is -1.07. The molecule has 144 valence electrons. The molecule has 1 heterocycles. The van der Waals surface area contributed by atoms with E-state index in [0.29, 0.717) is 25.9 Å². The second-order valence-corrected chi connectivity index (χ2v) is 7.17. The van der Waals surface area contributed by atoms with Crippen molar-refractivity contribution in [2.24, 2.45) is 0 Å². The predicted molar refractivity (Wildman–Crippen MR) is 94.2 cm³/mol. The lowest BCUT2D eigenvalue weighted by Gasteiger charge is -2.34. The Balaban J connectivity index is 2.20. The molecule has 0 spiro atoms. The summed E-state index contributed by atoms with van der Waals surface area (Å²) in [4.78, 5) is 24.2. The highest BCUT2D eigenvalue weighted by molar-refractivity contribution is 5.69. The Morgan fingerprint density at radius 2 is 2.12 bits per heavy atom. The van der Waals surface area contributed by atoms with Gasteiger partial charge in [0.25, 0.3) is 0 Å². The Morgan fingerprint density at radius 1 is 1.42 bits per heavy atom. The van der Waals surface area contributed by atoms with E-state index < -0.39 is 28.1 Å². The van der Waals surface area contributed by atoms with Gasteiger partial charge in [-0.15, -0.1) is 0 Å². The van der Waals surface area contributed by atoms with E-state index in [1.54, 1.807) is 25.7 Å². The summed E-state index contributed by atoms with van der Waals surface area (Å²) in [7, 11) is 1.37. The maximum absolute atomic E-state index is 14.2. The number of halogens is 1. The van der Waals surface area contributed by atoms with Crippen molar-refractivity contribution in [1.29, 1.82) is 0 Å². The summed E-state index contributed by atoms with van der Waals surface area (Å²) < 4.78 is 24.4. The second kappa shape index (κ2) is 7.76. The molecule has 8 nitrogen and oxygen atoms in total. The van der Waals surface area contributed by atoms with Crippen molar-refractivity contribution < 1.29 is 23.6 Å². The summed E-state index contributed by atoms with van der Waals surface area (Å²) >= 11 is 0. The van der Waals surface area contributed by atoms with E-state index in [2.05, 4.69) is 5.32 Å². The summed E-state index contributed by atoms with van der Waals surface area (Å²) in [5, 5.41) is 14.1. The van der Waals surface area contributed by atoms with Crippen LogP contribution in [-0.2, 0) is 4.74 Å². The number of alkyl carbamates (subject to hydrolysis) is 1. The van der Waals surface area contributed by atoms with Gasteiger partial charge in [0, 0.05) is 31.3 Å². The van der Waals surface area contributed by atoms with Gasteiger partial charge >= 0.3 is 11.8 Å². The monoisotopic (exact) mass is 369 g/mol. The van der Waals surface area contributed by atoms with Gasteiger partial charge in [-0.3, -0.25) is 10.1 Å². The Hall–Kier alpha value is -2.58. The molecule has 1 amide bonds. The molecular weight excluding hydrogens is 345 g/mol. The van der Waals surface area contributed by atoms with Crippen molar-refractivity contribution in [2.45, 2.75) is 45.3 Å². The van der Waals surface area contributed by atoms with Gasteiger partial charge in [0.1, 0.15) is 17.0 Å². The summed E-state index contributed by atoms with van der Waals surface area (Å²) in [6.07, 6.45) is 0.850. The molecule has 1 aromatic carbocycles. The first-order valence-electron chi connectivity index (χ1n) is 8.37. The topological polar surface area (TPSA) is 93.9 Å². The highest BCUT2D eigenvalue weighted by atomic mass is 19.1. The smallest absolute Gasteiger partial charge is 0.407 e. The minimum atomic E-state index is -0.952. The number of amides is 1. The van der Waals surface area contributed by atoms with Crippen LogP contribution in [0.5, 0.6) is 5.75 Å². The number of nitrogens with one attached hydrogen (secondary N) is 1. The quantitative estimate of drug-likeness (QED) is 0.647. The van der Waals surface area contributed by atoms with E-state index in [1.165, 1.54) is 13.2 Å². The Labute approximate surface area is 151 Å². The van der Waals surface area contributed by atoms with Crippen LogP contribution in [-0.4, -0.2) is 42.9 Å². The van der Waals surface area contributed by atoms with Gasteiger partial charge in [-0.25, -0.2) is 4.79 Å². The maximum Gasteiger partial charge on any atom is 0.407 e. The van der Waals surface area contributed by atoms with Crippen molar-refractivity contribution in [3.05, 3.63) is 28.1 Å². The molecule has 0 aliphatic carbocycles. The average Bonchev–Trinajstić information content (AvgIpc) is 2.51. The number of nitro benzene ring substituents is 1. The lowest BCUT2D eigenvalue weighted by molar-refractivity contribution is -0.386. The number of hydrogen-bond donors (Lipinski definition) is 1. The fourth-order valence-corrected chi connectivity index (χ4v) is 2.89. The summed E-state index contributed by atoms with van der Waals surface area (Å²) in [5.74, 6) is -0.753. The van der Waals surface area contributed by atoms with E-state index in [-0.39, 0.29) is 17.5 Å². The van der Waals surface area contributed by atoms with E-state index in [9.17, 15) is 19.3 Å². The Kier molecular flexibility index (Phi) is 5.89. The van der Waals surface area contributed by atoms with Crippen LogP contribution in [0.2, 0.25) is 0 Å². The first-order chi connectivity index (χ1) is 12.1. The molecule has 1 fully saturated rings. The van der Waals surface area contributed by atoms with E-state index in [0.717, 1.165) is 6.07 Å². The minimum absolute atomic E-state index is 0.141. The van der Waals surface area contributed by atoms with Crippen LogP contribution >= 0.6 is 0 Å². The third kappa shape index (κ3) is 4.96. The number of nitro groups is 1. The molecule has 1 aromatic rings. The number of methoxy groups -OCH3 is 1. The maximum atomic E-state index is 14.2. The van der Waals surface area contributed by atoms with Crippen molar-refractivity contribution in [2.75, 3.05) is 25.1 Å². The zero-order valence-electron chi connectivity index (χ0n) is 15.4. The van der Waals surface area contributed by atoms with Crippen molar-refractivity contribution in [3.63, 3.8) is 0 Å². The highest BCUT2D eigenvalue weighted by Crippen LogP contribution is 2.36. The number of hydrogen-bond acceptors (Lipinski definition) is 6. The molecule has 1 aliphatic rings. The van der Waals surface area contributed by atoms with Crippen LogP contribution < -0.4 is 15.0 Å². The largest absolute Gasteiger partial charge is 0.497 e. The van der Waals surface area contributed by atoms with E-state index in [1.807, 2.05) is 0 Å². The molecule has 9 heteroatoms. The first-order valence-corrected chi connectivity index (χ1v) is 8.37. The standard InChI is InChI=1S/C17H24FN3O5/c1-17(2,3)26-16(22)19-11-6-5-7-20(10-11)14-9-12(25-4)8-13(18)15(14)21(23)24/h8-9,11H,5-7,10H2,1-4H3,(H,19,22)/t11-/m1/s1. The third-order valence-corrected chi connectivity index (χ3v) is 3.92. The molecule has 26 heavy (non-hydrogen) atoms. The van der Waals surface area contributed by atoms with Crippen LogP contribution in [0, 0.1) is 15.9 Å². The molecule has 0 saturated carbocycles. The number of nitrogens with zero attached hydrogens (tertiary/aromatic N) is 2. The lowest BCUT2D eigenvalue weighted by atomic mass is 10.0. The number of piperidine rings is 1. The molecule has 1 N–H and O–H groups in total. The van der Waals surface area contributed by atoms with Crippen molar-refractivity contribution in [1.82, 2.24) is 5.32 Å². The number of carbonyl (C=O) groups is 1. The zero-order chi connectivity index (χ0) is 19.5. The van der Waals surface area contributed by atoms with Crippen molar-refractivity contribution in [3.8, 4) is 5.75 Å². The number of rotatable bonds is 4. The fraction of sp³-hybridized carbons (Fsp3) is 0.588. The van der Waals surface area contributed by atoms with Crippen LogP contribution in [0.3, 0.4) is 0 Å². The third-order valence-electron chi connectivity index (χ3n) is 3.92. The predicted octanol–water partition coefficient (Wildman–Crippen LogP) is 3.24. The van der Waals surface area contributed by atoms with Gasteiger partial charge in [-0.2, -0.15) is 4.39 Å². The van der Waals surface area contributed by atoms with Crippen LogP contribution in [0.25, 0.3) is 0 Å². The summed E-state index contributed by atoms with van der Waals surface area (Å²) in [6.45, 7) is 6.12. The van der Waals surface area contributed by atoms with Crippen LogP contribution in [0.1, 0.15) is 33.6 Å². The van der Waals surface area contributed by atoms with E-state index in [4.69, 9.17) is 9.47 Å². The SMILES string of the molecule is COc1cc(F)c([N+](=O)[O-])c(N2CCC[C@@H](NC(=O)OC(C)(C)C)C2)c1. The number of carbonyl (C=O) groups excluding carboxylic acids is 1. The number of ether oxygens (including phenoxy) is 2. The van der Waals surface area contributed by atoms with Crippen molar-refractivity contribution >= 4 is 17.5 Å². The molecule has 0 bridgehead atoms. The second-order valence-electron chi connectivity index (χ2n) is 7.17. The average molecular weight is 369 g/mol. The van der Waals surface area contributed by atoms with Gasteiger partial charge in [-0.05, 0) is 33.6 Å². The van der Waals surface area contributed by atoms with Gasteiger partial charge in [0.05, 0.1) is 12.0 Å². The Bertz CT molecular complexity index is 690. The van der Waals surface area contributed by atoms with Crippen LogP contribution in [0.15, 0.2) is 12.1 Å². The first kappa shape index (κ1) is 19.7. The molecule has 0 unspecified atom stereocenters. The van der Waals surface area contributed by atoms with Gasteiger partial charge in [0.15, 0.2) is 0 Å². The minimum Gasteiger partial charge on any atom is -0.497 e. The molecule has 1 atom stereocenters. The molecular formula is C17H24FN3O5. The van der Waals surface area contributed by atoms with Gasteiger partial charge < -0.3 is 19.7 Å². The van der Waals surface area contributed by atoms with Crippen LogP contribution in [0.4, 0.5) is 20.6 Å². The zero-order valence-corrected chi connectivity index (χ0v) is 15.4. The van der Waals surface area contributed by atoms with Gasteiger partial charge in [0.2, 0.25) is 5.82 Å². The number of benzene rings is 1. The van der Waals surface area contributed by atoms with Gasteiger partial charge in [-0.1, -0.05) is 0 Å². The summed E-state index contributed by atoms with van der Waals surface area (Å²) in [6, 6.07) is 2.17. The molecule has 2 rings (SSSR count). The molecule has 1 aliphatic heterocycles. The molecule has 0 radical (unpaired) electrons. The highest BCUT2D eigenvalue weighted by Gasteiger charge is 2.30. The molecule has 1 saturated heterocycles. The molecule has 0 aromatic heterocycles. The Morgan fingerprint density at radius 3 is 2.69 bits per heavy atom. The lowest BCUT2D eigenvalue weighted by Crippen LogP contribution is -2.49.